The van der Waals surface area contributed by atoms with Crippen molar-refractivity contribution in [1.29, 1.82) is 0 Å². The van der Waals surface area contributed by atoms with Crippen molar-refractivity contribution < 1.29 is 19.1 Å². The van der Waals surface area contributed by atoms with Crippen molar-refractivity contribution in [1.82, 2.24) is 9.80 Å². The number of carbonyl (C=O) groups is 2. The fraction of sp³-hybridized carbons (Fsp3) is 0.455. The molecule has 2 amide bonds. The number of methoxy groups -OCH3 is 2. The average Bonchev–Trinajstić information content (AvgIpc) is 3.33. The Labute approximate surface area is 243 Å². The number of amides is 2. The van der Waals surface area contributed by atoms with Gasteiger partial charge in [0.05, 0.1) is 20.8 Å². The van der Waals surface area contributed by atoms with Gasteiger partial charge in [0.1, 0.15) is 6.54 Å². The van der Waals surface area contributed by atoms with Gasteiger partial charge in [0.25, 0.3) is 5.91 Å². The summed E-state index contributed by atoms with van der Waals surface area (Å²) in [7, 11) is 3.23. The highest BCUT2D eigenvalue weighted by molar-refractivity contribution is 7.10. The van der Waals surface area contributed by atoms with E-state index in [0.717, 1.165) is 10.4 Å². The standard InChI is InChI=1S/C33H44N2O4S/c1-23(2)20-35(32(37)26-10-12-27(13-11-26)33(4,5)6)22-31(36)34(21-30-24(3)16-18-40-30)17-15-25-9-14-28(38-7)29(19-25)39-8/h9-14,16,18-19,23H,15,17,20-22H2,1-8H3. The van der Waals surface area contributed by atoms with Crippen LogP contribution in [0.25, 0.3) is 0 Å². The third-order valence-corrected chi connectivity index (χ3v) is 7.98. The summed E-state index contributed by atoms with van der Waals surface area (Å²) in [4.78, 5) is 32.2. The van der Waals surface area contributed by atoms with Crippen LogP contribution in [0.2, 0.25) is 0 Å². The number of rotatable bonds is 12. The molecule has 0 aliphatic rings. The number of aryl methyl sites for hydroxylation is 1. The van der Waals surface area contributed by atoms with E-state index in [-0.39, 0.29) is 29.7 Å². The van der Waals surface area contributed by atoms with Gasteiger partial charge in [-0.3, -0.25) is 9.59 Å². The second-order valence-corrected chi connectivity index (χ2v) is 12.7. The van der Waals surface area contributed by atoms with Crippen molar-refractivity contribution in [3.63, 3.8) is 0 Å². The summed E-state index contributed by atoms with van der Waals surface area (Å²) in [5.74, 6) is 1.39. The Morgan fingerprint density at radius 3 is 2.15 bits per heavy atom. The molecule has 0 fully saturated rings. The van der Waals surface area contributed by atoms with Crippen LogP contribution in [0, 0.1) is 12.8 Å². The molecule has 0 radical (unpaired) electrons. The minimum absolute atomic E-state index is 0.00346. The summed E-state index contributed by atoms with van der Waals surface area (Å²) in [6.45, 7) is 14.2. The summed E-state index contributed by atoms with van der Waals surface area (Å²) in [6.07, 6.45) is 0.656. The molecule has 3 aromatic rings. The van der Waals surface area contributed by atoms with E-state index >= 15 is 0 Å². The molecule has 0 N–H and O–H groups in total. The molecular weight excluding hydrogens is 520 g/mol. The van der Waals surface area contributed by atoms with Crippen LogP contribution in [-0.2, 0) is 23.2 Å². The van der Waals surface area contributed by atoms with Gasteiger partial charge in [-0.15, -0.1) is 11.3 Å². The smallest absolute Gasteiger partial charge is 0.254 e. The van der Waals surface area contributed by atoms with Crippen molar-refractivity contribution >= 4 is 23.2 Å². The van der Waals surface area contributed by atoms with Crippen molar-refractivity contribution in [3.8, 4) is 11.5 Å². The maximum Gasteiger partial charge on any atom is 0.254 e. The Kier molecular flexibility index (Phi) is 10.8. The van der Waals surface area contributed by atoms with Crippen LogP contribution in [0.1, 0.15) is 66.5 Å². The topological polar surface area (TPSA) is 59.1 Å². The molecule has 1 heterocycles. The Balaban J connectivity index is 1.82. The largest absolute Gasteiger partial charge is 0.493 e. The van der Waals surface area contributed by atoms with E-state index < -0.39 is 0 Å². The Morgan fingerprint density at radius 1 is 0.925 bits per heavy atom. The van der Waals surface area contributed by atoms with Gasteiger partial charge in [-0.05, 0) is 77.1 Å². The molecule has 0 aliphatic carbocycles. The summed E-state index contributed by atoms with van der Waals surface area (Å²) in [6, 6.07) is 15.7. The van der Waals surface area contributed by atoms with Crippen LogP contribution in [0.15, 0.2) is 53.9 Å². The Morgan fingerprint density at radius 2 is 1.60 bits per heavy atom. The van der Waals surface area contributed by atoms with Crippen LogP contribution in [-0.4, -0.2) is 55.5 Å². The highest BCUT2D eigenvalue weighted by Gasteiger charge is 2.24. The number of hydrogen-bond donors (Lipinski definition) is 0. The Hall–Kier alpha value is -3.32. The maximum atomic E-state index is 13.8. The molecule has 6 nitrogen and oxygen atoms in total. The van der Waals surface area contributed by atoms with Crippen LogP contribution >= 0.6 is 11.3 Å². The van der Waals surface area contributed by atoms with E-state index in [4.69, 9.17) is 9.47 Å². The summed E-state index contributed by atoms with van der Waals surface area (Å²) in [5, 5.41) is 2.05. The number of hydrogen-bond acceptors (Lipinski definition) is 5. The van der Waals surface area contributed by atoms with Gasteiger partial charge in [0.2, 0.25) is 5.91 Å². The second-order valence-electron chi connectivity index (χ2n) is 11.7. The van der Waals surface area contributed by atoms with Crippen LogP contribution < -0.4 is 9.47 Å². The minimum atomic E-state index is -0.116. The van der Waals surface area contributed by atoms with Crippen molar-refractivity contribution in [2.24, 2.45) is 5.92 Å². The van der Waals surface area contributed by atoms with Gasteiger partial charge in [-0.25, -0.2) is 0 Å². The first kappa shape index (κ1) is 31.2. The molecule has 0 saturated heterocycles. The van der Waals surface area contributed by atoms with E-state index in [1.807, 2.05) is 47.4 Å². The number of benzene rings is 2. The number of nitrogens with zero attached hydrogens (tertiary/aromatic N) is 2. The monoisotopic (exact) mass is 564 g/mol. The zero-order valence-electron chi connectivity index (χ0n) is 25.2. The third-order valence-electron chi connectivity index (χ3n) is 6.97. The molecule has 7 heteroatoms. The molecule has 0 spiro atoms. The van der Waals surface area contributed by atoms with Crippen molar-refractivity contribution in [2.75, 3.05) is 33.9 Å². The Bertz CT molecular complexity index is 1270. The van der Waals surface area contributed by atoms with Crippen LogP contribution in [0.4, 0.5) is 0 Å². The molecule has 0 bridgehead atoms. The lowest BCUT2D eigenvalue weighted by molar-refractivity contribution is -0.132. The third kappa shape index (κ3) is 8.34. The van der Waals surface area contributed by atoms with Crippen LogP contribution in [0.5, 0.6) is 11.5 Å². The molecule has 0 saturated carbocycles. The highest BCUT2D eigenvalue weighted by atomic mass is 32.1. The van der Waals surface area contributed by atoms with Gasteiger partial charge in [0, 0.05) is 23.5 Å². The van der Waals surface area contributed by atoms with E-state index in [2.05, 4.69) is 53.0 Å². The SMILES string of the molecule is COc1ccc(CCN(Cc2sccc2C)C(=O)CN(CC(C)C)C(=O)c2ccc(C(C)(C)C)cc2)cc1OC. The van der Waals surface area contributed by atoms with Gasteiger partial charge >= 0.3 is 0 Å². The van der Waals surface area contributed by atoms with E-state index in [1.54, 1.807) is 30.5 Å². The summed E-state index contributed by atoms with van der Waals surface area (Å²) >= 11 is 1.65. The highest BCUT2D eigenvalue weighted by Crippen LogP contribution is 2.28. The molecule has 3 rings (SSSR count). The van der Waals surface area contributed by atoms with Gasteiger partial charge in [-0.2, -0.15) is 0 Å². The van der Waals surface area contributed by atoms with E-state index in [9.17, 15) is 9.59 Å². The normalized spacial score (nSPS) is 11.4. The van der Waals surface area contributed by atoms with E-state index in [0.29, 0.717) is 43.1 Å². The molecular formula is C33H44N2O4S. The zero-order chi connectivity index (χ0) is 29.4. The number of carbonyl (C=O) groups excluding carboxylic acids is 2. The zero-order valence-corrected chi connectivity index (χ0v) is 26.1. The molecule has 0 unspecified atom stereocenters. The first-order valence-corrected chi connectivity index (χ1v) is 14.7. The molecule has 2 aromatic carbocycles. The van der Waals surface area contributed by atoms with Crippen molar-refractivity contribution in [3.05, 3.63) is 81.0 Å². The fourth-order valence-corrected chi connectivity index (χ4v) is 5.47. The average molecular weight is 565 g/mol. The van der Waals surface area contributed by atoms with Gasteiger partial charge in [-0.1, -0.05) is 52.8 Å². The lowest BCUT2D eigenvalue weighted by Gasteiger charge is -2.29. The summed E-state index contributed by atoms with van der Waals surface area (Å²) in [5.41, 5.74) is 4.00. The predicted octanol–water partition coefficient (Wildman–Crippen LogP) is 6.74. The van der Waals surface area contributed by atoms with E-state index in [1.165, 1.54) is 11.1 Å². The lowest BCUT2D eigenvalue weighted by Crippen LogP contribution is -2.44. The lowest BCUT2D eigenvalue weighted by atomic mass is 9.86. The number of thiophene rings is 1. The van der Waals surface area contributed by atoms with Gasteiger partial charge in [0.15, 0.2) is 11.5 Å². The molecule has 40 heavy (non-hydrogen) atoms. The predicted molar refractivity (Wildman–Crippen MR) is 164 cm³/mol. The molecule has 216 valence electrons. The maximum absolute atomic E-state index is 13.8. The minimum Gasteiger partial charge on any atom is -0.493 e. The number of ether oxygens (including phenoxy) is 2. The summed E-state index contributed by atoms with van der Waals surface area (Å²) < 4.78 is 10.8. The second kappa shape index (κ2) is 13.8. The molecule has 0 atom stereocenters. The fourth-order valence-electron chi connectivity index (χ4n) is 4.55. The quantitative estimate of drug-likeness (QED) is 0.244. The first-order chi connectivity index (χ1) is 18.9. The van der Waals surface area contributed by atoms with Crippen LogP contribution in [0.3, 0.4) is 0 Å². The molecule has 0 aliphatic heterocycles. The first-order valence-electron chi connectivity index (χ1n) is 13.8. The molecule has 1 aromatic heterocycles. The van der Waals surface area contributed by atoms with Crippen molar-refractivity contribution in [2.45, 2.75) is 59.9 Å². The van der Waals surface area contributed by atoms with Gasteiger partial charge < -0.3 is 19.3 Å².